The number of fused-ring (bicyclic) bond motifs is 1. The monoisotopic (exact) mass is 278 g/mol. The SMILES string of the molecule is COCCNC(=O)CN(C)c1nc(N)cn2ccnc12. The number of nitrogens with two attached hydrogens (primary N) is 1. The van der Waals surface area contributed by atoms with Crippen LogP contribution < -0.4 is 16.0 Å². The van der Waals surface area contributed by atoms with Crippen LogP contribution >= 0.6 is 0 Å². The lowest BCUT2D eigenvalue weighted by Crippen LogP contribution is -2.37. The van der Waals surface area contributed by atoms with Crippen LogP contribution in [0.3, 0.4) is 0 Å². The molecule has 0 saturated heterocycles. The van der Waals surface area contributed by atoms with Crippen molar-refractivity contribution in [3.8, 4) is 0 Å². The Morgan fingerprint density at radius 2 is 2.40 bits per heavy atom. The third-order valence-electron chi connectivity index (χ3n) is 2.75. The van der Waals surface area contributed by atoms with Crippen LogP contribution in [-0.4, -0.2) is 54.1 Å². The van der Waals surface area contributed by atoms with Crippen molar-refractivity contribution >= 4 is 23.2 Å². The molecule has 0 fully saturated rings. The molecule has 3 N–H and O–H groups in total. The van der Waals surface area contributed by atoms with Gasteiger partial charge < -0.3 is 25.1 Å². The van der Waals surface area contributed by atoms with E-state index in [9.17, 15) is 4.79 Å². The van der Waals surface area contributed by atoms with Gasteiger partial charge in [-0.15, -0.1) is 0 Å². The summed E-state index contributed by atoms with van der Waals surface area (Å²) in [5, 5.41) is 2.75. The predicted molar refractivity (Wildman–Crippen MR) is 75.6 cm³/mol. The molecule has 0 unspecified atom stereocenters. The van der Waals surface area contributed by atoms with Crippen LogP contribution in [0.4, 0.5) is 11.6 Å². The molecule has 8 nitrogen and oxygen atoms in total. The minimum absolute atomic E-state index is 0.113. The van der Waals surface area contributed by atoms with Gasteiger partial charge >= 0.3 is 0 Å². The van der Waals surface area contributed by atoms with E-state index < -0.39 is 0 Å². The van der Waals surface area contributed by atoms with Gasteiger partial charge in [0.05, 0.1) is 19.3 Å². The molecule has 0 spiro atoms. The second kappa shape index (κ2) is 6.20. The van der Waals surface area contributed by atoms with Crippen LogP contribution in [0.2, 0.25) is 0 Å². The summed E-state index contributed by atoms with van der Waals surface area (Å²) in [4.78, 5) is 21.9. The van der Waals surface area contributed by atoms with Gasteiger partial charge in [0.1, 0.15) is 5.82 Å². The van der Waals surface area contributed by atoms with Crippen molar-refractivity contribution in [3.63, 3.8) is 0 Å². The van der Waals surface area contributed by atoms with Gasteiger partial charge in [0.2, 0.25) is 5.91 Å². The zero-order valence-electron chi connectivity index (χ0n) is 11.5. The number of nitrogen functional groups attached to an aromatic ring is 1. The average Bonchev–Trinajstić information content (AvgIpc) is 2.85. The molecular weight excluding hydrogens is 260 g/mol. The first kappa shape index (κ1) is 14.1. The van der Waals surface area contributed by atoms with Crippen LogP contribution in [0.1, 0.15) is 0 Å². The summed E-state index contributed by atoms with van der Waals surface area (Å²) in [5.74, 6) is 0.826. The lowest BCUT2D eigenvalue weighted by atomic mass is 10.4. The molecule has 0 saturated carbocycles. The van der Waals surface area contributed by atoms with Crippen LogP contribution in [0, 0.1) is 0 Å². The van der Waals surface area contributed by atoms with E-state index in [1.165, 1.54) is 0 Å². The number of methoxy groups -OCH3 is 1. The van der Waals surface area contributed by atoms with E-state index in [1.54, 1.807) is 42.0 Å². The van der Waals surface area contributed by atoms with E-state index in [0.29, 0.717) is 30.4 Å². The highest BCUT2D eigenvalue weighted by Crippen LogP contribution is 2.17. The zero-order chi connectivity index (χ0) is 14.5. The highest BCUT2D eigenvalue weighted by molar-refractivity contribution is 5.82. The number of likely N-dealkylation sites (N-methyl/N-ethyl adjacent to an activating group) is 1. The third kappa shape index (κ3) is 3.15. The van der Waals surface area contributed by atoms with Crippen molar-refractivity contribution in [1.82, 2.24) is 19.7 Å². The van der Waals surface area contributed by atoms with Crippen molar-refractivity contribution in [1.29, 1.82) is 0 Å². The minimum atomic E-state index is -0.113. The van der Waals surface area contributed by atoms with E-state index >= 15 is 0 Å². The van der Waals surface area contributed by atoms with E-state index in [1.807, 2.05) is 0 Å². The molecule has 2 aromatic rings. The number of nitrogens with one attached hydrogen (secondary N) is 1. The van der Waals surface area contributed by atoms with Crippen molar-refractivity contribution in [2.24, 2.45) is 0 Å². The number of amides is 1. The van der Waals surface area contributed by atoms with E-state index in [0.717, 1.165) is 0 Å². The topological polar surface area (TPSA) is 97.8 Å². The van der Waals surface area contributed by atoms with Crippen molar-refractivity contribution in [2.75, 3.05) is 44.5 Å². The Balaban J connectivity index is 2.09. The lowest BCUT2D eigenvalue weighted by Gasteiger charge is -2.18. The molecule has 0 aliphatic rings. The molecule has 2 heterocycles. The number of ether oxygens (including phenoxy) is 1. The van der Waals surface area contributed by atoms with Gasteiger partial charge in [-0.05, 0) is 0 Å². The van der Waals surface area contributed by atoms with Crippen LogP contribution in [-0.2, 0) is 9.53 Å². The smallest absolute Gasteiger partial charge is 0.239 e. The quantitative estimate of drug-likeness (QED) is 0.692. The molecule has 0 aliphatic carbocycles. The molecule has 8 heteroatoms. The summed E-state index contributed by atoms with van der Waals surface area (Å²) in [7, 11) is 3.36. The molecule has 1 amide bonds. The Morgan fingerprint density at radius 3 is 3.15 bits per heavy atom. The largest absolute Gasteiger partial charge is 0.383 e. The Hall–Kier alpha value is -2.35. The first-order valence-electron chi connectivity index (χ1n) is 6.17. The summed E-state index contributed by atoms with van der Waals surface area (Å²) in [6, 6.07) is 0. The summed E-state index contributed by atoms with van der Waals surface area (Å²) in [6.45, 7) is 1.13. The first-order valence-corrected chi connectivity index (χ1v) is 6.17. The standard InChI is InChI=1S/C12H18N6O2/c1-17(8-10(19)14-4-6-20-2)12-11-15-3-5-18(11)7-9(13)16-12/h3,5,7H,4,6,8,13H2,1-2H3,(H,14,19). The second-order valence-corrected chi connectivity index (χ2v) is 4.35. The van der Waals surface area contributed by atoms with E-state index in [4.69, 9.17) is 10.5 Å². The number of anilines is 2. The normalized spacial score (nSPS) is 10.7. The maximum absolute atomic E-state index is 11.8. The molecule has 0 aromatic carbocycles. The highest BCUT2D eigenvalue weighted by Gasteiger charge is 2.13. The molecule has 2 aromatic heterocycles. The third-order valence-corrected chi connectivity index (χ3v) is 2.75. The molecule has 0 bridgehead atoms. The molecule has 0 atom stereocenters. The summed E-state index contributed by atoms with van der Waals surface area (Å²) in [6.07, 6.45) is 5.12. The first-order chi connectivity index (χ1) is 9.61. The number of imidazole rings is 1. The van der Waals surface area contributed by atoms with Gasteiger partial charge in [-0.3, -0.25) is 4.79 Å². The predicted octanol–water partition coefficient (Wildman–Crippen LogP) is -0.490. The fourth-order valence-corrected chi connectivity index (χ4v) is 1.83. The Bertz CT molecular complexity index is 597. The number of rotatable bonds is 6. The fraction of sp³-hybridized carbons (Fsp3) is 0.417. The van der Waals surface area contributed by atoms with Gasteiger partial charge in [-0.25, -0.2) is 9.97 Å². The molecule has 0 radical (unpaired) electrons. The number of hydrogen-bond donors (Lipinski definition) is 2. The number of hydrogen-bond acceptors (Lipinski definition) is 6. The Morgan fingerprint density at radius 1 is 1.60 bits per heavy atom. The Labute approximate surface area is 116 Å². The number of nitrogens with zero attached hydrogens (tertiary/aromatic N) is 4. The zero-order valence-corrected chi connectivity index (χ0v) is 11.5. The molecule has 2 rings (SSSR count). The van der Waals surface area contributed by atoms with Crippen molar-refractivity contribution < 1.29 is 9.53 Å². The van der Waals surface area contributed by atoms with Crippen molar-refractivity contribution in [2.45, 2.75) is 0 Å². The van der Waals surface area contributed by atoms with Crippen LogP contribution in [0.15, 0.2) is 18.6 Å². The number of carbonyl (C=O) groups excluding carboxylic acids is 1. The number of carbonyl (C=O) groups is 1. The summed E-state index contributed by atoms with van der Waals surface area (Å²) < 4.78 is 6.65. The van der Waals surface area contributed by atoms with Crippen LogP contribution in [0.25, 0.3) is 5.65 Å². The van der Waals surface area contributed by atoms with Crippen LogP contribution in [0.5, 0.6) is 0 Å². The van der Waals surface area contributed by atoms with E-state index in [2.05, 4.69) is 15.3 Å². The summed E-state index contributed by atoms with van der Waals surface area (Å²) in [5.41, 5.74) is 6.41. The summed E-state index contributed by atoms with van der Waals surface area (Å²) >= 11 is 0. The fourth-order valence-electron chi connectivity index (χ4n) is 1.83. The average molecular weight is 278 g/mol. The molecule has 20 heavy (non-hydrogen) atoms. The van der Waals surface area contributed by atoms with Gasteiger partial charge in [0.25, 0.3) is 0 Å². The molecule has 108 valence electrons. The maximum Gasteiger partial charge on any atom is 0.239 e. The molecule has 0 aliphatic heterocycles. The van der Waals surface area contributed by atoms with E-state index in [-0.39, 0.29) is 12.5 Å². The second-order valence-electron chi connectivity index (χ2n) is 4.35. The lowest BCUT2D eigenvalue weighted by molar-refractivity contribution is -0.119. The van der Waals surface area contributed by atoms with Gasteiger partial charge in [-0.2, -0.15) is 0 Å². The number of aromatic nitrogens is 3. The van der Waals surface area contributed by atoms with Crippen molar-refractivity contribution in [3.05, 3.63) is 18.6 Å². The van der Waals surface area contributed by atoms with Gasteiger partial charge in [-0.1, -0.05) is 0 Å². The maximum atomic E-state index is 11.8. The Kier molecular flexibility index (Phi) is 4.36. The highest BCUT2D eigenvalue weighted by atomic mass is 16.5. The van der Waals surface area contributed by atoms with Gasteiger partial charge in [0.15, 0.2) is 11.5 Å². The minimum Gasteiger partial charge on any atom is -0.383 e. The molecular formula is C12H18N6O2. The van der Waals surface area contributed by atoms with Gasteiger partial charge in [0, 0.05) is 33.1 Å².